The molecule has 1 saturated heterocycles. The number of rotatable bonds is 1. The molecule has 1 fully saturated rings. The zero-order chi connectivity index (χ0) is 12.4. The molecule has 0 N–H and O–H groups in total. The lowest BCUT2D eigenvalue weighted by atomic mass is 9.99. The Balaban J connectivity index is 2.15. The van der Waals surface area contributed by atoms with Gasteiger partial charge in [-0.2, -0.15) is 5.26 Å². The molecule has 5 heteroatoms. The molecule has 1 aromatic rings. The van der Waals surface area contributed by atoms with E-state index in [9.17, 15) is 4.79 Å². The Labute approximate surface area is 100 Å². The summed E-state index contributed by atoms with van der Waals surface area (Å²) in [5.41, 5.74) is 0.617. The summed E-state index contributed by atoms with van der Waals surface area (Å²) in [7, 11) is 0. The lowest BCUT2D eigenvalue weighted by molar-refractivity contribution is 0.0664. The van der Waals surface area contributed by atoms with E-state index in [1.807, 2.05) is 0 Å². The quantitative estimate of drug-likeness (QED) is 0.739. The lowest BCUT2D eigenvalue weighted by Crippen LogP contribution is -2.39. The molecule has 0 bridgehead atoms. The standard InChI is InChI=1S/C12H15N3O2/c1-8-11(17-9(2)14-8)12(16)15-5-3-4-10(6-13)7-15/h10H,3-5,7H2,1-2H3. The van der Waals surface area contributed by atoms with Crippen molar-refractivity contribution in [3.05, 3.63) is 17.3 Å². The molecular formula is C12H15N3O2. The van der Waals surface area contributed by atoms with Gasteiger partial charge < -0.3 is 9.32 Å². The molecule has 2 rings (SSSR count). The highest BCUT2D eigenvalue weighted by Crippen LogP contribution is 2.19. The smallest absolute Gasteiger partial charge is 0.291 e. The van der Waals surface area contributed by atoms with Gasteiger partial charge in [-0.05, 0) is 19.8 Å². The van der Waals surface area contributed by atoms with Crippen molar-refractivity contribution in [2.45, 2.75) is 26.7 Å². The van der Waals surface area contributed by atoms with Crippen LogP contribution in [-0.2, 0) is 0 Å². The number of amides is 1. The summed E-state index contributed by atoms with van der Waals surface area (Å²) < 4.78 is 5.31. The summed E-state index contributed by atoms with van der Waals surface area (Å²) in [4.78, 5) is 17.9. The van der Waals surface area contributed by atoms with Crippen LogP contribution in [0.15, 0.2) is 4.42 Å². The zero-order valence-electron chi connectivity index (χ0n) is 10.1. The minimum atomic E-state index is -0.150. The van der Waals surface area contributed by atoms with E-state index in [-0.39, 0.29) is 11.8 Å². The molecule has 0 radical (unpaired) electrons. The van der Waals surface area contributed by atoms with Gasteiger partial charge in [0.15, 0.2) is 5.89 Å². The zero-order valence-corrected chi connectivity index (χ0v) is 10.1. The highest BCUT2D eigenvalue weighted by atomic mass is 16.4. The van der Waals surface area contributed by atoms with Crippen molar-refractivity contribution in [3.63, 3.8) is 0 Å². The summed E-state index contributed by atoms with van der Waals surface area (Å²) in [5, 5.41) is 8.90. The van der Waals surface area contributed by atoms with Crippen molar-refractivity contribution in [2.75, 3.05) is 13.1 Å². The summed E-state index contributed by atoms with van der Waals surface area (Å²) in [6.45, 7) is 4.66. The number of nitrogens with zero attached hydrogens (tertiary/aromatic N) is 3. The number of carbonyl (C=O) groups is 1. The van der Waals surface area contributed by atoms with Gasteiger partial charge in [0.2, 0.25) is 5.76 Å². The van der Waals surface area contributed by atoms with Gasteiger partial charge in [-0.1, -0.05) is 0 Å². The number of hydrogen-bond donors (Lipinski definition) is 0. The monoisotopic (exact) mass is 233 g/mol. The van der Waals surface area contributed by atoms with Gasteiger partial charge >= 0.3 is 0 Å². The SMILES string of the molecule is Cc1nc(C)c(C(=O)N2CCCC(C#N)C2)o1. The Bertz CT molecular complexity index is 473. The van der Waals surface area contributed by atoms with E-state index in [0.29, 0.717) is 30.4 Å². The van der Waals surface area contributed by atoms with Crippen molar-refractivity contribution in [1.29, 1.82) is 5.26 Å². The molecule has 90 valence electrons. The maximum atomic E-state index is 12.2. The van der Waals surface area contributed by atoms with Crippen LogP contribution in [0.3, 0.4) is 0 Å². The van der Waals surface area contributed by atoms with E-state index >= 15 is 0 Å². The Hall–Kier alpha value is -1.83. The van der Waals surface area contributed by atoms with E-state index in [1.54, 1.807) is 18.7 Å². The molecule has 0 spiro atoms. The first-order valence-electron chi connectivity index (χ1n) is 5.74. The number of nitriles is 1. The largest absolute Gasteiger partial charge is 0.436 e. The summed E-state index contributed by atoms with van der Waals surface area (Å²) in [6, 6.07) is 2.22. The number of oxazole rings is 1. The first kappa shape index (κ1) is 11.6. The van der Waals surface area contributed by atoms with Gasteiger partial charge in [0, 0.05) is 20.0 Å². The summed E-state index contributed by atoms with van der Waals surface area (Å²) >= 11 is 0. The molecule has 0 aliphatic carbocycles. The topological polar surface area (TPSA) is 70.1 Å². The van der Waals surface area contributed by atoms with Crippen LogP contribution in [0.1, 0.15) is 35.0 Å². The number of piperidine rings is 1. The van der Waals surface area contributed by atoms with E-state index in [1.165, 1.54) is 0 Å². The minimum Gasteiger partial charge on any atom is -0.436 e. The number of aryl methyl sites for hydroxylation is 2. The highest BCUT2D eigenvalue weighted by molar-refractivity contribution is 5.92. The molecule has 0 aromatic carbocycles. The maximum Gasteiger partial charge on any atom is 0.291 e. The minimum absolute atomic E-state index is 0.0583. The van der Waals surface area contributed by atoms with E-state index < -0.39 is 0 Å². The first-order chi connectivity index (χ1) is 8.11. The van der Waals surface area contributed by atoms with E-state index in [4.69, 9.17) is 9.68 Å². The van der Waals surface area contributed by atoms with Gasteiger partial charge in [0.25, 0.3) is 5.91 Å². The van der Waals surface area contributed by atoms with Crippen molar-refractivity contribution in [1.82, 2.24) is 9.88 Å². The number of likely N-dealkylation sites (tertiary alicyclic amines) is 1. The maximum absolute atomic E-state index is 12.2. The van der Waals surface area contributed by atoms with Crippen LogP contribution in [0.2, 0.25) is 0 Å². The molecule has 17 heavy (non-hydrogen) atoms. The molecule has 1 atom stereocenters. The number of carbonyl (C=O) groups excluding carboxylic acids is 1. The predicted octanol–water partition coefficient (Wildman–Crippen LogP) is 1.67. The van der Waals surface area contributed by atoms with Gasteiger partial charge in [-0.3, -0.25) is 4.79 Å². The molecule has 2 heterocycles. The fourth-order valence-electron chi connectivity index (χ4n) is 2.14. The normalized spacial score (nSPS) is 20.1. The van der Waals surface area contributed by atoms with Gasteiger partial charge in [0.05, 0.1) is 17.7 Å². The van der Waals surface area contributed by atoms with Crippen molar-refractivity contribution in [3.8, 4) is 6.07 Å². The van der Waals surface area contributed by atoms with Crippen LogP contribution < -0.4 is 0 Å². The summed E-state index contributed by atoms with van der Waals surface area (Å²) in [5.74, 6) is 0.598. The van der Waals surface area contributed by atoms with Crippen LogP contribution in [-0.4, -0.2) is 28.9 Å². The lowest BCUT2D eigenvalue weighted by Gasteiger charge is -2.28. The molecule has 1 amide bonds. The molecule has 5 nitrogen and oxygen atoms in total. The fraction of sp³-hybridized carbons (Fsp3) is 0.583. The predicted molar refractivity (Wildman–Crippen MR) is 60.2 cm³/mol. The Morgan fingerprint density at radius 3 is 2.94 bits per heavy atom. The van der Waals surface area contributed by atoms with Crippen LogP contribution in [0.5, 0.6) is 0 Å². The average Bonchev–Trinajstić information content (AvgIpc) is 2.67. The van der Waals surface area contributed by atoms with Crippen molar-refractivity contribution < 1.29 is 9.21 Å². The number of aromatic nitrogens is 1. The molecule has 1 aromatic heterocycles. The molecule has 0 saturated carbocycles. The molecule has 1 unspecified atom stereocenters. The molecular weight excluding hydrogens is 218 g/mol. The third-order valence-corrected chi connectivity index (χ3v) is 2.99. The van der Waals surface area contributed by atoms with Gasteiger partial charge in [-0.25, -0.2) is 4.98 Å². The van der Waals surface area contributed by atoms with Crippen LogP contribution in [0.4, 0.5) is 0 Å². The van der Waals surface area contributed by atoms with E-state index in [2.05, 4.69) is 11.1 Å². The van der Waals surface area contributed by atoms with Crippen molar-refractivity contribution in [2.24, 2.45) is 5.92 Å². The van der Waals surface area contributed by atoms with Crippen LogP contribution in [0, 0.1) is 31.1 Å². The second-order valence-electron chi connectivity index (χ2n) is 4.37. The average molecular weight is 233 g/mol. The first-order valence-corrected chi connectivity index (χ1v) is 5.74. The van der Waals surface area contributed by atoms with Crippen molar-refractivity contribution >= 4 is 5.91 Å². The Kier molecular flexibility index (Phi) is 3.14. The van der Waals surface area contributed by atoms with Crippen LogP contribution >= 0.6 is 0 Å². The highest BCUT2D eigenvalue weighted by Gasteiger charge is 2.27. The van der Waals surface area contributed by atoms with Crippen LogP contribution in [0.25, 0.3) is 0 Å². The third kappa shape index (κ3) is 2.31. The second kappa shape index (κ2) is 4.58. The third-order valence-electron chi connectivity index (χ3n) is 2.99. The van der Waals surface area contributed by atoms with E-state index in [0.717, 1.165) is 12.8 Å². The van der Waals surface area contributed by atoms with Gasteiger partial charge in [0.1, 0.15) is 0 Å². The van der Waals surface area contributed by atoms with Gasteiger partial charge in [-0.15, -0.1) is 0 Å². The second-order valence-corrected chi connectivity index (χ2v) is 4.37. The Morgan fingerprint density at radius 1 is 1.59 bits per heavy atom. The fourth-order valence-corrected chi connectivity index (χ4v) is 2.14. The molecule has 1 aliphatic rings. The molecule has 1 aliphatic heterocycles. The number of hydrogen-bond acceptors (Lipinski definition) is 4. The summed E-state index contributed by atoms with van der Waals surface area (Å²) in [6.07, 6.45) is 1.74. The Morgan fingerprint density at radius 2 is 2.35 bits per heavy atom.